The molecule has 0 bridgehead atoms. The van der Waals surface area contributed by atoms with Gasteiger partial charge in [0.1, 0.15) is 5.75 Å². The quantitative estimate of drug-likeness (QED) is 0.684. The van der Waals surface area contributed by atoms with Gasteiger partial charge in [-0.05, 0) is 30.5 Å². The van der Waals surface area contributed by atoms with E-state index in [1.807, 2.05) is 28.8 Å². The van der Waals surface area contributed by atoms with Crippen molar-refractivity contribution in [1.82, 2.24) is 18.7 Å². The van der Waals surface area contributed by atoms with Gasteiger partial charge in [-0.1, -0.05) is 12.1 Å². The number of piperidine rings is 1. The minimum Gasteiger partial charge on any atom is -0.497 e. The van der Waals surface area contributed by atoms with E-state index in [9.17, 15) is 9.59 Å². The molecule has 9 nitrogen and oxygen atoms in total. The van der Waals surface area contributed by atoms with Crippen LogP contribution in [0.3, 0.4) is 0 Å². The Morgan fingerprint density at radius 2 is 1.90 bits per heavy atom. The van der Waals surface area contributed by atoms with Crippen molar-refractivity contribution in [2.45, 2.75) is 25.4 Å². The molecule has 4 rings (SSSR count). The van der Waals surface area contributed by atoms with Gasteiger partial charge in [0.05, 0.1) is 13.7 Å². The Balaban J connectivity index is 1.91. The summed E-state index contributed by atoms with van der Waals surface area (Å²) in [5.41, 5.74) is 7.25. The van der Waals surface area contributed by atoms with Crippen molar-refractivity contribution in [3.05, 3.63) is 50.7 Å². The smallest absolute Gasteiger partial charge is 0.332 e. The minimum atomic E-state index is -0.390. The summed E-state index contributed by atoms with van der Waals surface area (Å²) in [4.78, 5) is 32.2. The number of benzene rings is 1. The van der Waals surface area contributed by atoms with Crippen LogP contribution in [0.2, 0.25) is 0 Å². The van der Waals surface area contributed by atoms with Crippen LogP contribution in [-0.2, 0) is 20.6 Å². The molecule has 9 heteroatoms. The first kappa shape index (κ1) is 19.3. The zero-order valence-corrected chi connectivity index (χ0v) is 17.0. The maximum absolute atomic E-state index is 13.0. The van der Waals surface area contributed by atoms with Gasteiger partial charge < -0.3 is 15.4 Å². The summed E-state index contributed by atoms with van der Waals surface area (Å²) >= 11 is 0. The van der Waals surface area contributed by atoms with Gasteiger partial charge in [-0.25, -0.2) is 4.79 Å². The molecule has 3 aromatic rings. The largest absolute Gasteiger partial charge is 0.497 e. The zero-order valence-electron chi connectivity index (χ0n) is 17.0. The van der Waals surface area contributed by atoms with E-state index in [1.54, 1.807) is 14.2 Å². The number of fused-ring (bicyclic) bond motifs is 1. The summed E-state index contributed by atoms with van der Waals surface area (Å²) in [6.07, 6.45) is 1.93. The van der Waals surface area contributed by atoms with E-state index < -0.39 is 5.69 Å². The molecule has 2 N–H and O–H groups in total. The van der Waals surface area contributed by atoms with Crippen LogP contribution >= 0.6 is 0 Å². The highest BCUT2D eigenvalue weighted by atomic mass is 16.5. The number of nitrogens with two attached hydrogens (primary N) is 1. The lowest BCUT2D eigenvalue weighted by Gasteiger charge is -2.31. The third-order valence-electron chi connectivity index (χ3n) is 5.57. The Kier molecular flexibility index (Phi) is 4.91. The normalized spacial score (nSPS) is 17.1. The van der Waals surface area contributed by atoms with Crippen molar-refractivity contribution in [2.24, 2.45) is 19.8 Å². The number of aromatic nitrogens is 4. The fourth-order valence-electron chi connectivity index (χ4n) is 3.93. The Morgan fingerprint density at radius 3 is 2.55 bits per heavy atom. The maximum Gasteiger partial charge on any atom is 0.332 e. The Labute approximate surface area is 167 Å². The molecule has 1 aromatic carbocycles. The molecule has 1 atom stereocenters. The first-order valence-corrected chi connectivity index (χ1v) is 9.70. The molecule has 1 fully saturated rings. The number of methoxy groups -OCH3 is 1. The number of rotatable bonds is 4. The monoisotopic (exact) mass is 398 g/mol. The number of imidazole rings is 1. The molecule has 3 heterocycles. The molecule has 0 saturated carbocycles. The van der Waals surface area contributed by atoms with E-state index in [1.165, 1.54) is 11.6 Å². The highest BCUT2D eigenvalue weighted by Gasteiger charge is 2.25. The lowest BCUT2D eigenvalue weighted by molar-refractivity contribution is 0.414. The fraction of sp³-hybridized carbons (Fsp3) is 0.450. The Bertz CT molecular complexity index is 1160. The van der Waals surface area contributed by atoms with Crippen LogP contribution in [0, 0.1) is 0 Å². The molecule has 0 amide bonds. The molecule has 29 heavy (non-hydrogen) atoms. The van der Waals surface area contributed by atoms with E-state index >= 15 is 0 Å². The molecule has 2 aromatic heterocycles. The van der Waals surface area contributed by atoms with Crippen LogP contribution in [-0.4, -0.2) is 44.9 Å². The second kappa shape index (κ2) is 7.40. The van der Waals surface area contributed by atoms with Crippen LogP contribution < -0.4 is 26.6 Å². The predicted molar refractivity (Wildman–Crippen MR) is 112 cm³/mol. The van der Waals surface area contributed by atoms with Gasteiger partial charge in [-0.15, -0.1) is 0 Å². The number of anilines is 1. The minimum absolute atomic E-state index is 0.0599. The summed E-state index contributed by atoms with van der Waals surface area (Å²) in [5, 5.41) is 0. The van der Waals surface area contributed by atoms with Crippen molar-refractivity contribution in [2.75, 3.05) is 25.1 Å². The van der Waals surface area contributed by atoms with Crippen LogP contribution in [0.5, 0.6) is 5.75 Å². The molecular formula is C20H26N6O3. The van der Waals surface area contributed by atoms with Crippen LogP contribution in [0.25, 0.3) is 11.2 Å². The molecule has 154 valence electrons. The summed E-state index contributed by atoms with van der Waals surface area (Å²) in [6.45, 7) is 1.93. The summed E-state index contributed by atoms with van der Waals surface area (Å²) in [6, 6.07) is 7.76. The van der Waals surface area contributed by atoms with Gasteiger partial charge in [-0.2, -0.15) is 4.98 Å². The first-order chi connectivity index (χ1) is 13.9. The average molecular weight is 398 g/mol. The molecular weight excluding hydrogens is 372 g/mol. The highest BCUT2D eigenvalue weighted by molar-refractivity contribution is 5.75. The van der Waals surface area contributed by atoms with Crippen LogP contribution in [0.15, 0.2) is 33.9 Å². The zero-order chi connectivity index (χ0) is 20.7. The molecule has 1 unspecified atom stereocenters. The Hall–Kier alpha value is -3.07. The lowest BCUT2D eigenvalue weighted by atomic mass is 10.1. The lowest BCUT2D eigenvalue weighted by Crippen LogP contribution is -2.44. The van der Waals surface area contributed by atoms with Gasteiger partial charge in [0.2, 0.25) is 5.95 Å². The summed E-state index contributed by atoms with van der Waals surface area (Å²) in [7, 11) is 4.76. The number of hydrogen-bond acceptors (Lipinski definition) is 6. The van der Waals surface area contributed by atoms with E-state index in [-0.39, 0.29) is 11.6 Å². The van der Waals surface area contributed by atoms with E-state index in [0.717, 1.165) is 35.3 Å². The Morgan fingerprint density at radius 1 is 1.17 bits per heavy atom. The third-order valence-corrected chi connectivity index (χ3v) is 5.57. The highest BCUT2D eigenvalue weighted by Crippen LogP contribution is 2.24. The third kappa shape index (κ3) is 3.31. The molecule has 1 aliphatic heterocycles. The van der Waals surface area contributed by atoms with Gasteiger partial charge in [0.15, 0.2) is 11.2 Å². The van der Waals surface area contributed by atoms with Crippen molar-refractivity contribution in [1.29, 1.82) is 0 Å². The SMILES string of the molecule is COc1ccc(Cn2c(N3CCCC(N)C3)nc3c2c(=O)n(C)c(=O)n3C)cc1. The number of hydrogen-bond donors (Lipinski definition) is 1. The van der Waals surface area contributed by atoms with Crippen molar-refractivity contribution in [3.63, 3.8) is 0 Å². The maximum atomic E-state index is 13.0. The molecule has 0 spiro atoms. The van der Waals surface area contributed by atoms with Gasteiger partial charge in [0, 0.05) is 33.2 Å². The van der Waals surface area contributed by atoms with E-state index in [0.29, 0.717) is 30.2 Å². The van der Waals surface area contributed by atoms with Gasteiger partial charge >= 0.3 is 5.69 Å². The second-order valence-corrected chi connectivity index (χ2v) is 7.57. The average Bonchev–Trinajstić information content (AvgIpc) is 3.10. The standard InChI is InChI=1S/C20H26N6O3/c1-23-17-16(18(27)24(2)20(23)28)26(11-13-6-8-15(29-3)9-7-13)19(22-17)25-10-4-5-14(21)12-25/h6-9,14H,4-5,10-12,21H2,1-3H3. The fourth-order valence-corrected chi connectivity index (χ4v) is 3.93. The van der Waals surface area contributed by atoms with Crippen molar-refractivity contribution in [3.8, 4) is 5.75 Å². The number of ether oxygens (including phenoxy) is 1. The number of nitrogens with zero attached hydrogens (tertiary/aromatic N) is 5. The second-order valence-electron chi connectivity index (χ2n) is 7.57. The molecule has 1 aliphatic rings. The van der Waals surface area contributed by atoms with Gasteiger partial charge in [0.25, 0.3) is 5.56 Å². The van der Waals surface area contributed by atoms with Gasteiger partial charge in [-0.3, -0.25) is 18.5 Å². The number of aryl methyl sites for hydroxylation is 1. The van der Waals surface area contributed by atoms with Crippen molar-refractivity contribution < 1.29 is 4.74 Å². The molecule has 1 saturated heterocycles. The summed E-state index contributed by atoms with van der Waals surface area (Å²) in [5.74, 6) is 1.44. The molecule has 0 aliphatic carbocycles. The summed E-state index contributed by atoms with van der Waals surface area (Å²) < 4.78 is 9.69. The van der Waals surface area contributed by atoms with Crippen molar-refractivity contribution >= 4 is 17.1 Å². The van der Waals surface area contributed by atoms with Crippen LogP contribution in [0.4, 0.5) is 5.95 Å². The van der Waals surface area contributed by atoms with E-state index in [4.69, 9.17) is 15.5 Å². The van der Waals surface area contributed by atoms with E-state index in [2.05, 4.69) is 4.90 Å². The molecule has 0 radical (unpaired) electrons. The van der Waals surface area contributed by atoms with Crippen LogP contribution in [0.1, 0.15) is 18.4 Å². The topological polar surface area (TPSA) is 100 Å². The predicted octanol–water partition coefficient (Wildman–Crippen LogP) is 0.418. The first-order valence-electron chi connectivity index (χ1n) is 9.70.